The predicted molar refractivity (Wildman–Crippen MR) is 87.8 cm³/mol. The number of hydrogen-bond donors (Lipinski definition) is 3. The second-order valence-electron chi connectivity index (χ2n) is 5.60. The van der Waals surface area contributed by atoms with Gasteiger partial charge in [0.15, 0.2) is 0 Å². The summed E-state index contributed by atoms with van der Waals surface area (Å²) >= 11 is 0. The van der Waals surface area contributed by atoms with E-state index < -0.39 is 0 Å². The van der Waals surface area contributed by atoms with Crippen molar-refractivity contribution in [1.29, 1.82) is 0 Å². The number of H-pyrrole nitrogens is 2. The summed E-state index contributed by atoms with van der Waals surface area (Å²) in [5.41, 5.74) is 3.63. The van der Waals surface area contributed by atoms with Gasteiger partial charge in [-0.05, 0) is 45.2 Å². The number of nitrogens with zero attached hydrogens (tertiary/aromatic N) is 1. The number of carbonyl (C=O) groups is 1. The summed E-state index contributed by atoms with van der Waals surface area (Å²) in [5, 5.41) is 2.82. The first-order valence-corrected chi connectivity index (χ1v) is 7.34. The highest BCUT2D eigenvalue weighted by Gasteiger charge is 2.11. The molecule has 0 bridgehead atoms. The van der Waals surface area contributed by atoms with Crippen molar-refractivity contribution in [1.82, 2.24) is 15.0 Å². The van der Waals surface area contributed by atoms with E-state index in [4.69, 9.17) is 0 Å². The van der Waals surface area contributed by atoms with Gasteiger partial charge in [0.2, 0.25) is 11.5 Å². The highest BCUT2D eigenvalue weighted by atomic mass is 16.2. The Morgan fingerprint density at radius 1 is 1.13 bits per heavy atom. The SMILES string of the molecule is Cc1cc(=O)[nH]c(C)c1NC(=O)CCc1c(C)nc(=O)[nH]c1C. The highest BCUT2D eigenvalue weighted by Crippen LogP contribution is 2.16. The van der Waals surface area contributed by atoms with Crippen LogP contribution in [-0.2, 0) is 11.2 Å². The van der Waals surface area contributed by atoms with Crippen molar-refractivity contribution in [3.05, 3.63) is 55.1 Å². The number of anilines is 1. The smallest absolute Gasteiger partial charge is 0.324 e. The Balaban J connectivity index is 2.10. The van der Waals surface area contributed by atoms with Crippen molar-refractivity contribution >= 4 is 11.6 Å². The van der Waals surface area contributed by atoms with E-state index in [1.54, 1.807) is 27.7 Å². The van der Waals surface area contributed by atoms with Gasteiger partial charge in [-0.3, -0.25) is 9.59 Å². The molecule has 122 valence electrons. The summed E-state index contributed by atoms with van der Waals surface area (Å²) in [4.78, 5) is 44.0. The maximum atomic E-state index is 12.2. The molecule has 0 unspecified atom stereocenters. The lowest BCUT2D eigenvalue weighted by Crippen LogP contribution is -2.19. The van der Waals surface area contributed by atoms with E-state index in [1.165, 1.54) is 6.07 Å². The van der Waals surface area contributed by atoms with Gasteiger partial charge in [-0.1, -0.05) is 0 Å². The molecule has 0 aliphatic rings. The first-order chi connectivity index (χ1) is 10.8. The quantitative estimate of drug-likeness (QED) is 0.789. The average Bonchev–Trinajstić information content (AvgIpc) is 2.41. The minimum Gasteiger partial charge on any atom is -0.324 e. The van der Waals surface area contributed by atoms with E-state index in [9.17, 15) is 14.4 Å². The summed E-state index contributed by atoms with van der Waals surface area (Å²) in [6.07, 6.45) is 0.738. The third-order valence-electron chi connectivity index (χ3n) is 3.75. The highest BCUT2D eigenvalue weighted by molar-refractivity contribution is 5.92. The molecule has 7 heteroatoms. The molecule has 0 atom stereocenters. The maximum Gasteiger partial charge on any atom is 0.345 e. The molecular weight excluding hydrogens is 296 g/mol. The fourth-order valence-electron chi connectivity index (χ4n) is 2.60. The van der Waals surface area contributed by atoms with E-state index in [0.29, 0.717) is 23.5 Å². The van der Waals surface area contributed by atoms with Crippen LogP contribution in [0, 0.1) is 27.7 Å². The predicted octanol–water partition coefficient (Wildman–Crippen LogP) is 1.26. The van der Waals surface area contributed by atoms with Gasteiger partial charge in [0.1, 0.15) is 0 Å². The van der Waals surface area contributed by atoms with Gasteiger partial charge in [-0.15, -0.1) is 0 Å². The first-order valence-electron chi connectivity index (χ1n) is 7.34. The van der Waals surface area contributed by atoms with Crippen LogP contribution in [0.25, 0.3) is 0 Å². The molecule has 0 radical (unpaired) electrons. The Kier molecular flexibility index (Phi) is 4.78. The number of nitrogens with one attached hydrogen (secondary N) is 3. The fraction of sp³-hybridized carbons (Fsp3) is 0.375. The van der Waals surface area contributed by atoms with E-state index in [0.717, 1.165) is 16.8 Å². The summed E-state index contributed by atoms with van der Waals surface area (Å²) in [6.45, 7) is 7.06. The molecule has 23 heavy (non-hydrogen) atoms. The summed E-state index contributed by atoms with van der Waals surface area (Å²) in [7, 11) is 0. The number of aromatic amines is 2. The van der Waals surface area contributed by atoms with Gasteiger partial charge >= 0.3 is 5.69 Å². The molecule has 0 fully saturated rings. The largest absolute Gasteiger partial charge is 0.345 e. The summed E-state index contributed by atoms with van der Waals surface area (Å²) in [6, 6.07) is 1.45. The number of aryl methyl sites for hydroxylation is 4. The number of aromatic nitrogens is 3. The summed E-state index contributed by atoms with van der Waals surface area (Å²) in [5.74, 6) is -0.159. The molecule has 7 nitrogen and oxygen atoms in total. The maximum absolute atomic E-state index is 12.2. The zero-order valence-electron chi connectivity index (χ0n) is 13.7. The van der Waals surface area contributed by atoms with Crippen LogP contribution < -0.4 is 16.6 Å². The monoisotopic (exact) mass is 316 g/mol. The van der Waals surface area contributed by atoms with E-state index in [2.05, 4.69) is 20.3 Å². The van der Waals surface area contributed by atoms with Crippen LogP contribution in [0.15, 0.2) is 15.7 Å². The van der Waals surface area contributed by atoms with Crippen LogP contribution in [0.2, 0.25) is 0 Å². The van der Waals surface area contributed by atoms with Crippen LogP contribution in [0.1, 0.15) is 34.6 Å². The fourth-order valence-corrected chi connectivity index (χ4v) is 2.60. The number of rotatable bonds is 4. The molecule has 0 aromatic carbocycles. The van der Waals surface area contributed by atoms with Crippen molar-refractivity contribution in [3.8, 4) is 0 Å². The molecule has 0 aliphatic heterocycles. The van der Waals surface area contributed by atoms with E-state index in [-0.39, 0.29) is 23.6 Å². The van der Waals surface area contributed by atoms with Crippen LogP contribution >= 0.6 is 0 Å². The molecule has 0 aliphatic carbocycles. The zero-order chi connectivity index (χ0) is 17.1. The molecule has 0 spiro atoms. The second-order valence-corrected chi connectivity index (χ2v) is 5.60. The van der Waals surface area contributed by atoms with Gasteiger partial charge in [0, 0.05) is 29.6 Å². The Morgan fingerprint density at radius 2 is 1.83 bits per heavy atom. The second kappa shape index (κ2) is 6.60. The van der Waals surface area contributed by atoms with Crippen LogP contribution in [-0.4, -0.2) is 20.9 Å². The number of amides is 1. The normalized spacial score (nSPS) is 10.6. The molecule has 2 heterocycles. The van der Waals surface area contributed by atoms with Crippen molar-refractivity contribution in [2.45, 2.75) is 40.5 Å². The molecule has 2 aromatic rings. The van der Waals surface area contributed by atoms with Crippen molar-refractivity contribution in [2.24, 2.45) is 0 Å². The number of carbonyl (C=O) groups excluding carboxylic acids is 1. The van der Waals surface area contributed by atoms with Gasteiger partial charge in [0.25, 0.3) is 0 Å². The Morgan fingerprint density at radius 3 is 2.43 bits per heavy atom. The van der Waals surface area contributed by atoms with Gasteiger partial charge in [-0.25, -0.2) is 4.79 Å². The van der Waals surface area contributed by atoms with Crippen LogP contribution in [0.4, 0.5) is 5.69 Å². The van der Waals surface area contributed by atoms with Gasteiger partial charge < -0.3 is 15.3 Å². The van der Waals surface area contributed by atoms with E-state index in [1.807, 2.05) is 0 Å². The number of pyridine rings is 1. The minimum absolute atomic E-state index is 0.159. The van der Waals surface area contributed by atoms with Crippen molar-refractivity contribution in [3.63, 3.8) is 0 Å². The lowest BCUT2D eigenvalue weighted by atomic mass is 10.1. The molecule has 0 saturated carbocycles. The Labute approximate surface area is 133 Å². The Hall–Kier alpha value is -2.70. The lowest BCUT2D eigenvalue weighted by molar-refractivity contribution is -0.116. The average molecular weight is 316 g/mol. The standard InChI is InChI=1S/C16H20N4O3/c1-8-7-14(22)17-11(4)15(8)20-13(21)6-5-12-9(2)18-16(23)19-10(12)3/h7H,5-6H2,1-4H3,(H,17,22)(H,20,21)(H,18,19,23). The van der Waals surface area contributed by atoms with Crippen molar-refractivity contribution < 1.29 is 4.79 Å². The zero-order valence-corrected chi connectivity index (χ0v) is 13.7. The minimum atomic E-state index is -0.382. The third kappa shape index (κ3) is 3.94. The number of hydrogen-bond acceptors (Lipinski definition) is 4. The topological polar surface area (TPSA) is 108 Å². The molecule has 3 N–H and O–H groups in total. The molecule has 0 saturated heterocycles. The van der Waals surface area contributed by atoms with Crippen molar-refractivity contribution in [2.75, 3.05) is 5.32 Å². The Bertz CT molecular complexity index is 812. The third-order valence-corrected chi connectivity index (χ3v) is 3.75. The summed E-state index contributed by atoms with van der Waals surface area (Å²) < 4.78 is 0. The molecule has 2 rings (SSSR count). The van der Waals surface area contributed by atoms with Crippen LogP contribution in [0.3, 0.4) is 0 Å². The first kappa shape index (κ1) is 16.7. The molecular formula is C16H20N4O3. The van der Waals surface area contributed by atoms with Gasteiger partial charge in [-0.2, -0.15) is 4.98 Å². The van der Waals surface area contributed by atoms with E-state index >= 15 is 0 Å². The molecule has 2 aromatic heterocycles. The van der Waals surface area contributed by atoms with Crippen LogP contribution in [0.5, 0.6) is 0 Å². The lowest BCUT2D eigenvalue weighted by Gasteiger charge is -2.12. The van der Waals surface area contributed by atoms with Gasteiger partial charge in [0.05, 0.1) is 5.69 Å². The molecule has 1 amide bonds.